The molecule has 0 fully saturated rings. The van der Waals surface area contributed by atoms with Gasteiger partial charge in [-0.2, -0.15) is 0 Å². The maximum absolute atomic E-state index is 2.30. The Morgan fingerprint density at radius 1 is 0.688 bits per heavy atom. The molecule has 0 aliphatic carbocycles. The molecule has 0 nitrogen and oxygen atoms in total. The van der Waals surface area contributed by atoms with Gasteiger partial charge in [0.1, 0.15) is 0 Å². The minimum atomic E-state index is 0.365. The summed E-state index contributed by atoms with van der Waals surface area (Å²) in [6.07, 6.45) is 18.0. The zero-order valence-corrected chi connectivity index (χ0v) is 14.1. The van der Waals surface area contributed by atoms with Crippen LogP contribution in [0.1, 0.15) is 78.1 Å². The number of unbranched alkanes of at least 4 members (excludes halogenated alkanes) is 8. The van der Waals surface area contributed by atoms with Gasteiger partial charge in [-0.25, -0.2) is 0 Å². The average Bonchev–Trinajstić information content (AvgIpc) is 2.31. The molecule has 0 aromatic heterocycles. The van der Waals surface area contributed by atoms with Crippen LogP contribution in [0.25, 0.3) is 0 Å². The van der Waals surface area contributed by atoms with E-state index in [0.717, 1.165) is 0 Å². The molecule has 0 bridgehead atoms. The van der Waals surface area contributed by atoms with Gasteiger partial charge in [-0.15, -0.1) is 0 Å². The molecule has 0 aromatic carbocycles. The Morgan fingerprint density at radius 3 is 1.88 bits per heavy atom. The van der Waals surface area contributed by atoms with Gasteiger partial charge in [0.05, 0.1) is 0 Å². The Kier molecular flexibility index (Phi) is 16.7. The van der Waals surface area contributed by atoms with Crippen LogP contribution in [0, 0.1) is 0 Å². The van der Waals surface area contributed by atoms with Crippen LogP contribution < -0.4 is 0 Å². The van der Waals surface area contributed by atoms with Crippen LogP contribution in [0.15, 0.2) is 0 Å². The van der Waals surface area contributed by atoms with Gasteiger partial charge in [0.2, 0.25) is 0 Å². The van der Waals surface area contributed by atoms with E-state index in [1.807, 2.05) is 0 Å². The molecule has 1 unspecified atom stereocenters. The fourth-order valence-electron chi connectivity index (χ4n) is 2.01. The van der Waals surface area contributed by atoms with E-state index in [4.69, 9.17) is 0 Å². The van der Waals surface area contributed by atoms with Crippen molar-refractivity contribution in [3.05, 3.63) is 0 Å². The third kappa shape index (κ3) is 14.9. The fraction of sp³-hybridized carbons (Fsp3) is 1.00. The van der Waals surface area contributed by atoms with E-state index >= 15 is 0 Å². The quantitative estimate of drug-likeness (QED) is 0.297. The third-order valence-electron chi connectivity index (χ3n) is 3.16. The van der Waals surface area contributed by atoms with Crippen LogP contribution >= 0.6 is 16.5 Å². The van der Waals surface area contributed by atoms with Gasteiger partial charge in [-0.3, -0.25) is 0 Å². The van der Waals surface area contributed by atoms with Gasteiger partial charge >= 0.3 is 107 Å². The van der Waals surface area contributed by atoms with Crippen LogP contribution in [-0.2, 0) is 0 Å². The second kappa shape index (κ2) is 15.9. The Hall–Kier alpha value is 0.860. The molecule has 100 valence electrons. The zero-order valence-electron chi connectivity index (χ0n) is 11.7. The van der Waals surface area contributed by atoms with Crippen LogP contribution in [0.5, 0.6) is 0 Å². The summed E-state index contributed by atoms with van der Waals surface area (Å²) < 4.78 is 0. The zero-order chi connectivity index (χ0) is 11.9. The van der Waals surface area contributed by atoms with Crippen LogP contribution in [-0.4, -0.2) is 12.3 Å². The van der Waals surface area contributed by atoms with Crippen LogP contribution in [0.2, 0.25) is 0 Å². The predicted molar refractivity (Wildman–Crippen MR) is 86.7 cm³/mol. The standard InChI is InChI=1S/C14H34P2/c1-3-5-7-9-11-13-15-16-14-12-10-8-6-4-2/h15H,3-14H2,1-2,16H3. The van der Waals surface area contributed by atoms with Gasteiger partial charge in [0.25, 0.3) is 0 Å². The molecule has 16 heavy (non-hydrogen) atoms. The van der Waals surface area contributed by atoms with Crippen molar-refractivity contribution in [3.63, 3.8) is 0 Å². The molecule has 2 heteroatoms. The third-order valence-corrected chi connectivity index (χ3v) is 8.26. The molecule has 0 aliphatic heterocycles. The number of rotatable bonds is 13. The number of hydrogen-bond acceptors (Lipinski definition) is 0. The Morgan fingerprint density at radius 2 is 1.25 bits per heavy atom. The van der Waals surface area contributed by atoms with E-state index in [1.54, 1.807) is 18.7 Å². The van der Waals surface area contributed by atoms with Crippen LogP contribution in [0.4, 0.5) is 0 Å². The molecular weight excluding hydrogens is 230 g/mol. The van der Waals surface area contributed by atoms with Crippen molar-refractivity contribution < 1.29 is 0 Å². The Bertz CT molecular complexity index is 101. The molecule has 0 radical (unpaired) electrons. The Balaban J connectivity index is 2.83. The molecule has 0 spiro atoms. The van der Waals surface area contributed by atoms with Gasteiger partial charge in [0, 0.05) is 0 Å². The summed E-state index contributed by atoms with van der Waals surface area (Å²) in [5.41, 5.74) is 0. The summed E-state index contributed by atoms with van der Waals surface area (Å²) >= 11 is 0. The molecule has 0 aliphatic rings. The molecule has 0 saturated heterocycles. The summed E-state index contributed by atoms with van der Waals surface area (Å²) in [4.78, 5) is 0. The Labute approximate surface area is 107 Å². The van der Waals surface area contributed by atoms with Gasteiger partial charge in [-0.1, -0.05) is 0 Å². The maximum atomic E-state index is 2.30. The van der Waals surface area contributed by atoms with Crippen molar-refractivity contribution in [3.8, 4) is 0 Å². The van der Waals surface area contributed by atoms with Crippen LogP contribution in [0.3, 0.4) is 0 Å². The molecule has 0 heterocycles. The van der Waals surface area contributed by atoms with Gasteiger partial charge in [-0.05, 0) is 0 Å². The summed E-state index contributed by atoms with van der Waals surface area (Å²) in [5, 5.41) is 0. The van der Waals surface area contributed by atoms with Crippen molar-refractivity contribution in [1.82, 2.24) is 0 Å². The predicted octanol–water partition coefficient (Wildman–Crippen LogP) is 5.66. The molecular formula is C14H34P2. The molecule has 0 saturated carbocycles. The fourth-order valence-corrected chi connectivity index (χ4v) is 6.61. The molecule has 0 rings (SSSR count). The second-order valence-corrected chi connectivity index (χ2v) is 10.1. The van der Waals surface area contributed by atoms with E-state index < -0.39 is 0 Å². The first-order valence-electron chi connectivity index (χ1n) is 7.62. The van der Waals surface area contributed by atoms with Crippen molar-refractivity contribution in [2.24, 2.45) is 0 Å². The second-order valence-electron chi connectivity index (χ2n) is 4.93. The monoisotopic (exact) mass is 264 g/mol. The first kappa shape index (κ1) is 16.9. The molecule has 0 amide bonds. The topological polar surface area (TPSA) is 0 Å². The van der Waals surface area contributed by atoms with Crippen molar-refractivity contribution in [2.45, 2.75) is 78.1 Å². The summed E-state index contributed by atoms with van der Waals surface area (Å²) in [6.45, 7) is 4.60. The molecule has 0 N–H and O–H groups in total. The average molecular weight is 264 g/mol. The van der Waals surface area contributed by atoms with Gasteiger partial charge in [0.15, 0.2) is 0 Å². The molecule has 0 aromatic rings. The normalized spacial score (nSPS) is 11.9. The summed E-state index contributed by atoms with van der Waals surface area (Å²) in [6, 6.07) is 0. The van der Waals surface area contributed by atoms with E-state index in [9.17, 15) is 0 Å². The van der Waals surface area contributed by atoms with E-state index in [0.29, 0.717) is 8.27 Å². The van der Waals surface area contributed by atoms with E-state index in [2.05, 4.69) is 13.8 Å². The van der Waals surface area contributed by atoms with E-state index in [-0.39, 0.29) is 0 Å². The van der Waals surface area contributed by atoms with Crippen molar-refractivity contribution >= 4 is 16.5 Å². The first-order chi connectivity index (χ1) is 7.91. The van der Waals surface area contributed by atoms with Crippen molar-refractivity contribution in [2.75, 3.05) is 12.3 Å². The SMILES string of the molecule is CCCCCCCP[PH3]CCCCCCC. The summed E-state index contributed by atoms with van der Waals surface area (Å²) in [7, 11) is 1.76. The number of hydrogen-bond donors (Lipinski definition) is 0. The van der Waals surface area contributed by atoms with Gasteiger partial charge < -0.3 is 0 Å². The molecule has 1 atom stereocenters. The first-order valence-corrected chi connectivity index (χ1v) is 12.2. The summed E-state index contributed by atoms with van der Waals surface area (Å²) in [5.74, 6) is 0. The minimum absolute atomic E-state index is 0.365. The van der Waals surface area contributed by atoms with Crippen molar-refractivity contribution in [1.29, 1.82) is 0 Å². The van der Waals surface area contributed by atoms with E-state index in [1.165, 1.54) is 66.1 Å².